The molecule has 0 aromatic carbocycles. The van der Waals surface area contributed by atoms with Gasteiger partial charge >= 0.3 is 6.09 Å². The number of carbonyl (C=O) groups excluding carboxylic acids is 1. The van der Waals surface area contributed by atoms with Crippen LogP contribution in [0.2, 0.25) is 0 Å². The van der Waals surface area contributed by atoms with Crippen molar-refractivity contribution in [2.24, 2.45) is 0 Å². The molecule has 102 valence electrons. The zero-order valence-electron chi connectivity index (χ0n) is 11.8. The minimum absolute atomic E-state index is 0.183. The van der Waals surface area contributed by atoms with Gasteiger partial charge in [0.1, 0.15) is 5.60 Å². The summed E-state index contributed by atoms with van der Waals surface area (Å²) in [6.45, 7) is 12.8. The first-order chi connectivity index (χ1) is 7.66. The topological polar surface area (TPSA) is 59.6 Å². The van der Waals surface area contributed by atoms with Crippen molar-refractivity contribution in [3.05, 3.63) is 0 Å². The van der Waals surface area contributed by atoms with Crippen LogP contribution >= 0.6 is 0 Å². The van der Waals surface area contributed by atoms with Crippen LogP contribution in [0.25, 0.3) is 0 Å². The van der Waals surface area contributed by atoms with Crippen LogP contribution in [-0.2, 0) is 9.47 Å². The van der Waals surface area contributed by atoms with E-state index in [9.17, 15) is 4.79 Å². The molecule has 5 nitrogen and oxygen atoms in total. The molecule has 17 heavy (non-hydrogen) atoms. The third-order valence-corrected chi connectivity index (χ3v) is 1.98. The molecule has 0 aliphatic carbocycles. The summed E-state index contributed by atoms with van der Waals surface area (Å²) in [5, 5.41) is 0. The average Bonchev–Trinajstić information content (AvgIpc) is 2.09. The van der Waals surface area contributed by atoms with E-state index in [1.807, 2.05) is 41.5 Å². The van der Waals surface area contributed by atoms with Gasteiger partial charge in [0, 0.05) is 13.2 Å². The molecule has 0 radical (unpaired) electrons. The third kappa shape index (κ3) is 10.1. The molecule has 0 saturated heterocycles. The molecule has 0 aliphatic heterocycles. The Bertz CT molecular complexity index is 234. The molecule has 0 saturated carbocycles. The summed E-state index contributed by atoms with van der Waals surface area (Å²) in [5.74, 6) is 0. The minimum Gasteiger partial charge on any atom is -0.443 e. The lowest BCUT2D eigenvalue weighted by molar-refractivity contribution is -0.0165. The second-order valence-electron chi connectivity index (χ2n) is 5.50. The molecule has 2 N–H and O–H groups in total. The summed E-state index contributed by atoms with van der Waals surface area (Å²) < 4.78 is 10.6. The van der Waals surface area contributed by atoms with E-state index in [1.165, 1.54) is 0 Å². The fourth-order valence-corrected chi connectivity index (χ4v) is 1.26. The smallest absolute Gasteiger partial charge is 0.422 e. The van der Waals surface area contributed by atoms with Crippen molar-refractivity contribution < 1.29 is 14.3 Å². The van der Waals surface area contributed by atoms with Gasteiger partial charge < -0.3 is 9.47 Å². The van der Waals surface area contributed by atoms with Gasteiger partial charge in [0.25, 0.3) is 0 Å². The van der Waals surface area contributed by atoms with Gasteiger partial charge in [-0.15, -0.1) is 0 Å². The molecule has 0 atom stereocenters. The molecule has 0 heterocycles. The fraction of sp³-hybridized carbons (Fsp3) is 0.917. The lowest BCUT2D eigenvalue weighted by Gasteiger charge is -2.25. The molecular formula is C12H26N2O3. The van der Waals surface area contributed by atoms with Crippen LogP contribution in [0.3, 0.4) is 0 Å². The van der Waals surface area contributed by atoms with Crippen LogP contribution in [0.4, 0.5) is 4.79 Å². The van der Waals surface area contributed by atoms with Crippen molar-refractivity contribution in [3.63, 3.8) is 0 Å². The van der Waals surface area contributed by atoms with Gasteiger partial charge in [0.15, 0.2) is 0 Å². The standard InChI is InChI=1S/C12H26N2O3/c1-7-16-12(5,6)8-9-13-14-10(15)17-11(2,3)4/h13H,7-9H2,1-6H3,(H,14,15). The number of rotatable bonds is 6. The van der Waals surface area contributed by atoms with E-state index in [4.69, 9.17) is 9.47 Å². The van der Waals surface area contributed by atoms with Gasteiger partial charge in [-0.1, -0.05) is 0 Å². The third-order valence-electron chi connectivity index (χ3n) is 1.98. The summed E-state index contributed by atoms with van der Waals surface area (Å²) in [7, 11) is 0. The molecule has 5 heteroatoms. The van der Waals surface area contributed by atoms with Crippen LogP contribution in [0.1, 0.15) is 48.0 Å². The highest BCUT2D eigenvalue weighted by Crippen LogP contribution is 2.12. The fourth-order valence-electron chi connectivity index (χ4n) is 1.26. The molecule has 1 amide bonds. The maximum absolute atomic E-state index is 11.3. The number of ether oxygens (including phenoxy) is 2. The Morgan fingerprint density at radius 3 is 2.24 bits per heavy atom. The largest absolute Gasteiger partial charge is 0.443 e. The van der Waals surface area contributed by atoms with Crippen molar-refractivity contribution in [1.29, 1.82) is 0 Å². The van der Waals surface area contributed by atoms with E-state index in [0.29, 0.717) is 13.2 Å². The quantitative estimate of drug-likeness (QED) is 0.557. The van der Waals surface area contributed by atoms with Crippen LogP contribution in [0.5, 0.6) is 0 Å². The van der Waals surface area contributed by atoms with Gasteiger partial charge in [-0.05, 0) is 48.0 Å². The minimum atomic E-state index is -0.476. The molecule has 0 aliphatic rings. The van der Waals surface area contributed by atoms with Gasteiger partial charge in [0.2, 0.25) is 0 Å². The lowest BCUT2D eigenvalue weighted by Crippen LogP contribution is -2.43. The molecule has 0 spiro atoms. The predicted molar refractivity (Wildman–Crippen MR) is 67.7 cm³/mol. The molecule has 0 rings (SSSR count). The number of hydrogen-bond acceptors (Lipinski definition) is 4. The lowest BCUT2D eigenvalue weighted by atomic mass is 10.1. The Labute approximate surface area is 104 Å². The second kappa shape index (κ2) is 6.81. The Hall–Kier alpha value is -0.810. The van der Waals surface area contributed by atoms with Crippen molar-refractivity contribution in [3.8, 4) is 0 Å². The molecule has 0 aromatic rings. The molecule has 0 bridgehead atoms. The van der Waals surface area contributed by atoms with E-state index >= 15 is 0 Å². The first-order valence-corrected chi connectivity index (χ1v) is 6.02. The Morgan fingerprint density at radius 1 is 1.18 bits per heavy atom. The molecule has 0 fully saturated rings. The first kappa shape index (κ1) is 16.2. The first-order valence-electron chi connectivity index (χ1n) is 6.02. The Morgan fingerprint density at radius 2 is 1.76 bits per heavy atom. The monoisotopic (exact) mass is 246 g/mol. The summed E-state index contributed by atoms with van der Waals surface area (Å²) in [6.07, 6.45) is 0.336. The average molecular weight is 246 g/mol. The SMILES string of the molecule is CCOC(C)(C)CCNNC(=O)OC(C)(C)C. The highest BCUT2D eigenvalue weighted by atomic mass is 16.6. The number of hydrogen-bond donors (Lipinski definition) is 2. The summed E-state index contributed by atoms with van der Waals surface area (Å²) in [6, 6.07) is 0. The van der Waals surface area contributed by atoms with Crippen molar-refractivity contribution in [2.45, 2.75) is 59.2 Å². The predicted octanol–water partition coefficient (Wildman–Crippen LogP) is 2.22. The van der Waals surface area contributed by atoms with Gasteiger partial charge in [-0.2, -0.15) is 0 Å². The Balaban J connectivity index is 3.68. The number of hydrazine groups is 1. The zero-order valence-corrected chi connectivity index (χ0v) is 11.8. The van der Waals surface area contributed by atoms with E-state index in [-0.39, 0.29) is 5.60 Å². The van der Waals surface area contributed by atoms with Gasteiger partial charge in [-0.25, -0.2) is 10.2 Å². The van der Waals surface area contributed by atoms with Crippen LogP contribution in [0, 0.1) is 0 Å². The second-order valence-corrected chi connectivity index (χ2v) is 5.50. The number of carbonyl (C=O) groups is 1. The van der Waals surface area contributed by atoms with Gasteiger partial charge in [0.05, 0.1) is 5.60 Å². The normalized spacial score (nSPS) is 12.4. The van der Waals surface area contributed by atoms with Crippen molar-refractivity contribution in [1.82, 2.24) is 10.9 Å². The summed E-state index contributed by atoms with van der Waals surface area (Å²) in [5.41, 5.74) is 4.65. The summed E-state index contributed by atoms with van der Waals surface area (Å²) >= 11 is 0. The molecular weight excluding hydrogens is 220 g/mol. The van der Waals surface area contributed by atoms with Crippen molar-refractivity contribution in [2.75, 3.05) is 13.2 Å². The highest BCUT2D eigenvalue weighted by molar-refractivity contribution is 5.66. The van der Waals surface area contributed by atoms with E-state index in [2.05, 4.69) is 10.9 Å². The van der Waals surface area contributed by atoms with E-state index in [0.717, 1.165) is 6.42 Å². The van der Waals surface area contributed by atoms with E-state index in [1.54, 1.807) is 0 Å². The molecule has 0 aromatic heterocycles. The van der Waals surface area contributed by atoms with Crippen LogP contribution in [-0.4, -0.2) is 30.4 Å². The van der Waals surface area contributed by atoms with Crippen molar-refractivity contribution >= 4 is 6.09 Å². The summed E-state index contributed by atoms with van der Waals surface area (Å²) in [4.78, 5) is 11.3. The Kier molecular flexibility index (Phi) is 6.49. The number of amides is 1. The van der Waals surface area contributed by atoms with Crippen LogP contribution in [0.15, 0.2) is 0 Å². The molecule has 0 unspecified atom stereocenters. The van der Waals surface area contributed by atoms with Crippen LogP contribution < -0.4 is 10.9 Å². The number of nitrogens with one attached hydrogen (secondary N) is 2. The van der Waals surface area contributed by atoms with Gasteiger partial charge in [-0.3, -0.25) is 5.43 Å². The highest BCUT2D eigenvalue weighted by Gasteiger charge is 2.18. The van der Waals surface area contributed by atoms with E-state index < -0.39 is 11.7 Å². The zero-order chi connectivity index (χ0) is 13.5. The maximum atomic E-state index is 11.3. The maximum Gasteiger partial charge on any atom is 0.422 e.